The van der Waals surface area contributed by atoms with Gasteiger partial charge in [0.1, 0.15) is 23.9 Å². The molecule has 0 aromatic heterocycles. The SMILES string of the molecule is CC(C)CC(NC(=O)C(Cc1ccc(O)cc1)NC(=O)C(N)CCC(=O)O)C(=O)NC(C(=O)O)C(C)C. The van der Waals surface area contributed by atoms with Crippen LogP contribution in [0.4, 0.5) is 0 Å². The highest BCUT2D eigenvalue weighted by molar-refractivity contribution is 5.94. The van der Waals surface area contributed by atoms with Crippen LogP contribution in [0.2, 0.25) is 0 Å². The van der Waals surface area contributed by atoms with Gasteiger partial charge >= 0.3 is 11.9 Å². The van der Waals surface area contributed by atoms with Gasteiger partial charge in [-0.3, -0.25) is 19.2 Å². The molecule has 1 aromatic carbocycles. The molecule has 0 aliphatic heterocycles. The minimum Gasteiger partial charge on any atom is -0.508 e. The van der Waals surface area contributed by atoms with Crippen molar-refractivity contribution in [1.29, 1.82) is 0 Å². The third-order valence-corrected chi connectivity index (χ3v) is 5.59. The van der Waals surface area contributed by atoms with E-state index in [1.165, 1.54) is 12.1 Å². The second kappa shape index (κ2) is 14.8. The maximum atomic E-state index is 13.3. The first-order valence-corrected chi connectivity index (χ1v) is 12.1. The minimum absolute atomic E-state index is 0.0104. The van der Waals surface area contributed by atoms with Crippen molar-refractivity contribution in [1.82, 2.24) is 16.0 Å². The van der Waals surface area contributed by atoms with E-state index in [1.807, 2.05) is 13.8 Å². The Bertz CT molecular complexity index is 949. The Hall–Kier alpha value is -3.67. The molecule has 0 spiro atoms. The summed E-state index contributed by atoms with van der Waals surface area (Å²) in [4.78, 5) is 61.2. The molecule has 206 valence electrons. The number of hydrogen-bond acceptors (Lipinski definition) is 7. The summed E-state index contributed by atoms with van der Waals surface area (Å²) in [5.41, 5.74) is 6.38. The number of carbonyl (C=O) groups excluding carboxylic acids is 3. The van der Waals surface area contributed by atoms with Crippen LogP contribution in [0, 0.1) is 11.8 Å². The van der Waals surface area contributed by atoms with Crippen LogP contribution in [-0.4, -0.2) is 69.1 Å². The fraction of sp³-hybridized carbons (Fsp3) is 0.560. The predicted molar refractivity (Wildman–Crippen MR) is 134 cm³/mol. The lowest BCUT2D eigenvalue weighted by Gasteiger charge is -2.27. The van der Waals surface area contributed by atoms with E-state index in [1.54, 1.807) is 26.0 Å². The number of benzene rings is 1. The summed E-state index contributed by atoms with van der Waals surface area (Å²) in [5, 5.41) is 35.4. The summed E-state index contributed by atoms with van der Waals surface area (Å²) < 4.78 is 0. The third-order valence-electron chi connectivity index (χ3n) is 5.59. The molecule has 12 heteroatoms. The lowest BCUT2D eigenvalue weighted by atomic mass is 9.99. The van der Waals surface area contributed by atoms with Crippen LogP contribution in [0.25, 0.3) is 0 Å². The number of aliphatic carboxylic acids is 2. The number of aromatic hydroxyl groups is 1. The summed E-state index contributed by atoms with van der Waals surface area (Å²) in [6.07, 6.45) is -0.275. The van der Waals surface area contributed by atoms with Crippen molar-refractivity contribution in [3.05, 3.63) is 29.8 Å². The molecule has 0 fully saturated rings. The first-order chi connectivity index (χ1) is 17.2. The minimum atomic E-state index is -1.20. The molecule has 0 saturated heterocycles. The molecule has 0 saturated carbocycles. The Kier molecular flexibility index (Phi) is 12.5. The molecule has 4 unspecified atom stereocenters. The molecule has 3 amide bonds. The molecule has 0 aliphatic rings. The van der Waals surface area contributed by atoms with E-state index >= 15 is 0 Å². The van der Waals surface area contributed by atoms with Gasteiger partial charge in [-0.1, -0.05) is 39.8 Å². The topological polar surface area (TPSA) is 208 Å². The molecule has 1 rings (SSSR count). The highest BCUT2D eigenvalue weighted by Crippen LogP contribution is 2.13. The van der Waals surface area contributed by atoms with E-state index in [4.69, 9.17) is 10.8 Å². The first-order valence-electron chi connectivity index (χ1n) is 12.1. The van der Waals surface area contributed by atoms with Crippen molar-refractivity contribution in [3.8, 4) is 5.75 Å². The zero-order valence-corrected chi connectivity index (χ0v) is 21.6. The van der Waals surface area contributed by atoms with Gasteiger partial charge in [0.05, 0.1) is 6.04 Å². The van der Waals surface area contributed by atoms with Crippen molar-refractivity contribution in [2.24, 2.45) is 17.6 Å². The number of amides is 3. The van der Waals surface area contributed by atoms with E-state index in [9.17, 15) is 34.2 Å². The van der Waals surface area contributed by atoms with Gasteiger partial charge in [0.2, 0.25) is 17.7 Å². The molecule has 0 radical (unpaired) electrons. The third kappa shape index (κ3) is 11.3. The molecule has 8 N–H and O–H groups in total. The van der Waals surface area contributed by atoms with Crippen LogP contribution in [0.1, 0.15) is 52.5 Å². The quantitative estimate of drug-likeness (QED) is 0.169. The summed E-state index contributed by atoms with van der Waals surface area (Å²) in [6, 6.07) is 1.36. The van der Waals surface area contributed by atoms with E-state index < -0.39 is 59.7 Å². The standard InChI is InChI=1S/C25H38N4O8/c1-13(2)11-18(24(35)29-21(14(3)4)25(36)37)28-23(34)19(12-15-5-7-16(30)8-6-15)27-22(33)17(26)9-10-20(31)32/h5-8,13-14,17-19,21,30H,9-12,26H2,1-4H3,(H,27,33)(H,28,34)(H,29,35)(H,31,32)(H,36,37). The Labute approximate surface area is 216 Å². The van der Waals surface area contributed by atoms with Gasteiger partial charge in [-0.05, 0) is 42.4 Å². The lowest BCUT2D eigenvalue weighted by molar-refractivity contribution is -0.143. The predicted octanol–water partition coefficient (Wildman–Crippen LogP) is 0.368. The van der Waals surface area contributed by atoms with Crippen molar-refractivity contribution >= 4 is 29.7 Å². The molecule has 0 bridgehead atoms. The van der Waals surface area contributed by atoms with Crippen LogP contribution >= 0.6 is 0 Å². The van der Waals surface area contributed by atoms with Crippen molar-refractivity contribution in [2.75, 3.05) is 0 Å². The highest BCUT2D eigenvalue weighted by Gasteiger charge is 2.32. The van der Waals surface area contributed by atoms with Crippen LogP contribution in [0.3, 0.4) is 0 Å². The Morgan fingerprint density at radius 2 is 1.38 bits per heavy atom. The molecule has 0 heterocycles. The lowest BCUT2D eigenvalue weighted by Crippen LogP contribution is -2.58. The summed E-state index contributed by atoms with van der Waals surface area (Å²) in [5.74, 6) is -4.86. The molecular formula is C25H38N4O8. The summed E-state index contributed by atoms with van der Waals surface area (Å²) in [6.45, 7) is 6.96. The zero-order chi connectivity index (χ0) is 28.3. The largest absolute Gasteiger partial charge is 0.508 e. The zero-order valence-electron chi connectivity index (χ0n) is 21.6. The molecule has 37 heavy (non-hydrogen) atoms. The maximum Gasteiger partial charge on any atom is 0.326 e. The molecule has 0 aliphatic carbocycles. The normalized spacial score (nSPS) is 14.4. The Morgan fingerprint density at radius 1 is 0.838 bits per heavy atom. The number of carboxylic acids is 2. The highest BCUT2D eigenvalue weighted by atomic mass is 16.4. The molecule has 4 atom stereocenters. The van der Waals surface area contributed by atoms with Gasteiger partial charge < -0.3 is 37.0 Å². The van der Waals surface area contributed by atoms with Crippen molar-refractivity contribution in [2.45, 2.75) is 77.5 Å². The van der Waals surface area contributed by atoms with Gasteiger partial charge in [0.25, 0.3) is 0 Å². The number of phenolic OH excluding ortho intramolecular Hbond substituents is 1. The molecule has 1 aromatic rings. The second-order valence-electron chi connectivity index (χ2n) is 9.73. The number of nitrogens with two attached hydrogens (primary N) is 1. The van der Waals surface area contributed by atoms with Crippen LogP contribution in [0.15, 0.2) is 24.3 Å². The monoisotopic (exact) mass is 522 g/mol. The second-order valence-corrected chi connectivity index (χ2v) is 9.73. The van der Waals surface area contributed by atoms with E-state index in [-0.39, 0.29) is 37.4 Å². The van der Waals surface area contributed by atoms with Crippen molar-refractivity contribution < 1.29 is 39.3 Å². The number of rotatable bonds is 15. The number of nitrogens with one attached hydrogen (secondary N) is 3. The van der Waals surface area contributed by atoms with Gasteiger partial charge in [-0.15, -0.1) is 0 Å². The molecular weight excluding hydrogens is 484 g/mol. The maximum absolute atomic E-state index is 13.3. The Balaban J connectivity index is 3.13. The fourth-order valence-electron chi connectivity index (χ4n) is 3.51. The smallest absolute Gasteiger partial charge is 0.326 e. The van der Waals surface area contributed by atoms with Gasteiger partial charge in [0.15, 0.2) is 0 Å². The first kappa shape index (κ1) is 31.4. The average molecular weight is 523 g/mol. The fourth-order valence-corrected chi connectivity index (χ4v) is 3.51. The van der Waals surface area contributed by atoms with Crippen molar-refractivity contribution in [3.63, 3.8) is 0 Å². The number of carbonyl (C=O) groups is 5. The van der Waals surface area contributed by atoms with Gasteiger partial charge in [-0.2, -0.15) is 0 Å². The Morgan fingerprint density at radius 3 is 1.86 bits per heavy atom. The van der Waals surface area contributed by atoms with Crippen LogP contribution in [0.5, 0.6) is 5.75 Å². The van der Waals surface area contributed by atoms with E-state index in [0.717, 1.165) is 0 Å². The summed E-state index contributed by atoms with van der Waals surface area (Å²) >= 11 is 0. The van der Waals surface area contributed by atoms with Gasteiger partial charge in [0, 0.05) is 12.8 Å². The van der Waals surface area contributed by atoms with E-state index in [0.29, 0.717) is 5.56 Å². The number of hydrogen-bond donors (Lipinski definition) is 7. The van der Waals surface area contributed by atoms with Gasteiger partial charge in [-0.25, -0.2) is 4.79 Å². The number of carboxylic acid groups (broad SMARTS) is 2. The van der Waals surface area contributed by atoms with Crippen LogP contribution < -0.4 is 21.7 Å². The van der Waals surface area contributed by atoms with E-state index in [2.05, 4.69) is 16.0 Å². The molecule has 12 nitrogen and oxygen atoms in total. The summed E-state index contributed by atoms with van der Waals surface area (Å²) in [7, 11) is 0. The average Bonchev–Trinajstić information content (AvgIpc) is 2.80. The number of phenols is 1. The van der Waals surface area contributed by atoms with Crippen LogP contribution in [-0.2, 0) is 30.4 Å².